The summed E-state index contributed by atoms with van der Waals surface area (Å²) >= 11 is 1.46. The fraction of sp³-hybridized carbons (Fsp3) is 0.222. The number of thiophene rings is 1. The number of aromatic amines is 1. The van der Waals surface area contributed by atoms with Crippen LogP contribution in [0.25, 0.3) is 10.9 Å². The van der Waals surface area contributed by atoms with Crippen molar-refractivity contribution in [2.24, 2.45) is 0 Å². The number of hydrogen-bond acceptors (Lipinski definition) is 4. The van der Waals surface area contributed by atoms with Gasteiger partial charge in [0, 0.05) is 17.2 Å². The van der Waals surface area contributed by atoms with Crippen molar-refractivity contribution in [3.8, 4) is 0 Å². The molecule has 0 aliphatic rings. The molecule has 0 spiro atoms. The van der Waals surface area contributed by atoms with Crippen LogP contribution >= 0.6 is 11.3 Å². The highest BCUT2D eigenvalue weighted by Crippen LogP contribution is 2.19. The van der Waals surface area contributed by atoms with Gasteiger partial charge in [0.1, 0.15) is 0 Å². The maximum Gasteiger partial charge on any atom is 0.260 e. The van der Waals surface area contributed by atoms with Crippen LogP contribution < -0.4 is 5.56 Å². The number of nitrogens with zero attached hydrogens (tertiary/aromatic N) is 1. The number of rotatable bonds is 1. The first-order valence-corrected chi connectivity index (χ1v) is 4.96. The number of carbonyl (C=O) groups is 1. The van der Waals surface area contributed by atoms with Gasteiger partial charge in [0.2, 0.25) is 0 Å². The number of aryl methyl sites for hydroxylation is 1. The lowest BCUT2D eigenvalue weighted by atomic mass is 10.3. The number of hydrogen-bond donors (Lipinski definition) is 1. The summed E-state index contributed by atoms with van der Waals surface area (Å²) in [6.45, 7) is 3.24. The lowest BCUT2D eigenvalue weighted by molar-refractivity contribution is 0.100. The van der Waals surface area contributed by atoms with Gasteiger partial charge in [-0.15, -0.1) is 11.3 Å². The second-order valence-corrected chi connectivity index (χ2v) is 4.11. The molecule has 1 N–H and O–H groups in total. The predicted octanol–water partition coefficient (Wildman–Crippen LogP) is 1.50. The zero-order valence-electron chi connectivity index (χ0n) is 7.75. The summed E-state index contributed by atoms with van der Waals surface area (Å²) in [7, 11) is 0. The van der Waals surface area contributed by atoms with Crippen molar-refractivity contribution in [2.45, 2.75) is 13.8 Å². The van der Waals surface area contributed by atoms with Crippen molar-refractivity contribution in [3.63, 3.8) is 0 Å². The Bertz CT molecular complexity index is 568. The first kappa shape index (κ1) is 9.08. The van der Waals surface area contributed by atoms with Crippen molar-refractivity contribution in [3.05, 3.63) is 26.4 Å². The van der Waals surface area contributed by atoms with Crippen LogP contribution in [0, 0.1) is 6.92 Å². The fourth-order valence-electron chi connectivity index (χ4n) is 1.29. The second-order valence-electron chi connectivity index (χ2n) is 3.02. The molecule has 2 aromatic rings. The minimum atomic E-state index is -0.237. The Kier molecular flexibility index (Phi) is 1.96. The maximum absolute atomic E-state index is 11.5. The van der Waals surface area contributed by atoms with Crippen LogP contribution in [0.15, 0.2) is 10.2 Å². The molecule has 72 valence electrons. The number of fused-ring (bicyclic) bond motifs is 1. The minimum absolute atomic E-state index is 0.125. The van der Waals surface area contributed by atoms with Crippen LogP contribution in [0.3, 0.4) is 0 Å². The highest BCUT2D eigenvalue weighted by Gasteiger charge is 2.10. The molecule has 2 heterocycles. The van der Waals surface area contributed by atoms with E-state index in [-0.39, 0.29) is 17.2 Å². The number of aromatic nitrogens is 2. The smallest absolute Gasteiger partial charge is 0.260 e. The van der Waals surface area contributed by atoms with Crippen molar-refractivity contribution in [1.82, 2.24) is 9.97 Å². The molecule has 0 unspecified atom stereocenters. The molecule has 0 aliphatic carbocycles. The van der Waals surface area contributed by atoms with Crippen LogP contribution in [0.2, 0.25) is 0 Å². The number of carbonyl (C=O) groups excluding carboxylic acids is 1. The van der Waals surface area contributed by atoms with Crippen LogP contribution in [-0.4, -0.2) is 15.8 Å². The van der Waals surface area contributed by atoms with Gasteiger partial charge >= 0.3 is 0 Å². The Labute approximate surface area is 83.6 Å². The van der Waals surface area contributed by atoms with Crippen molar-refractivity contribution in [1.29, 1.82) is 0 Å². The van der Waals surface area contributed by atoms with Crippen molar-refractivity contribution in [2.75, 3.05) is 0 Å². The average molecular weight is 208 g/mol. The van der Waals surface area contributed by atoms with E-state index in [1.807, 2.05) is 6.92 Å². The van der Waals surface area contributed by atoms with E-state index in [0.717, 1.165) is 4.88 Å². The molecule has 2 aromatic heterocycles. The van der Waals surface area contributed by atoms with E-state index >= 15 is 0 Å². The van der Waals surface area contributed by atoms with Crippen LogP contribution in [0.4, 0.5) is 0 Å². The standard InChI is InChI=1S/C9H8N2O2S/c1-4(12)8-10-6-3-14-5(2)7(6)9(13)11-8/h3H,1-2H3,(H,10,11,13). The van der Waals surface area contributed by atoms with E-state index in [1.54, 1.807) is 5.38 Å². The minimum Gasteiger partial charge on any atom is -0.303 e. The highest BCUT2D eigenvalue weighted by molar-refractivity contribution is 7.11. The zero-order valence-corrected chi connectivity index (χ0v) is 8.57. The van der Waals surface area contributed by atoms with E-state index in [1.165, 1.54) is 18.3 Å². The third-order valence-electron chi connectivity index (χ3n) is 1.98. The van der Waals surface area contributed by atoms with E-state index in [9.17, 15) is 9.59 Å². The normalized spacial score (nSPS) is 10.7. The topological polar surface area (TPSA) is 62.8 Å². The van der Waals surface area contributed by atoms with E-state index in [4.69, 9.17) is 0 Å². The molecule has 0 aliphatic heterocycles. The molecular weight excluding hydrogens is 200 g/mol. The summed E-state index contributed by atoms with van der Waals surface area (Å²) in [5.74, 6) is -0.104. The van der Waals surface area contributed by atoms with Gasteiger partial charge < -0.3 is 4.98 Å². The second kappa shape index (κ2) is 3.02. The molecule has 0 atom stereocenters. The Morgan fingerprint density at radius 3 is 2.93 bits per heavy atom. The number of ketones is 1. The lowest BCUT2D eigenvalue weighted by Gasteiger charge is -1.95. The predicted molar refractivity (Wildman–Crippen MR) is 55.0 cm³/mol. The molecule has 0 saturated carbocycles. The van der Waals surface area contributed by atoms with Crippen LogP contribution in [-0.2, 0) is 0 Å². The summed E-state index contributed by atoms with van der Waals surface area (Å²) in [5.41, 5.74) is 0.361. The SMILES string of the molecule is CC(=O)c1nc2csc(C)c2c(=O)[nH]1. The molecule has 0 saturated heterocycles. The van der Waals surface area contributed by atoms with Crippen LogP contribution in [0.5, 0.6) is 0 Å². The molecule has 0 amide bonds. The summed E-state index contributed by atoms with van der Waals surface area (Å²) in [4.78, 5) is 30.0. The Morgan fingerprint density at radius 1 is 1.57 bits per heavy atom. The molecule has 5 heteroatoms. The molecule has 14 heavy (non-hydrogen) atoms. The van der Waals surface area contributed by atoms with Gasteiger partial charge in [0.25, 0.3) is 5.56 Å². The maximum atomic E-state index is 11.5. The van der Waals surface area contributed by atoms with Gasteiger partial charge in [0.15, 0.2) is 11.6 Å². The largest absolute Gasteiger partial charge is 0.303 e. The molecular formula is C9H8N2O2S. The molecule has 0 aromatic carbocycles. The third-order valence-corrected chi connectivity index (χ3v) is 2.88. The lowest BCUT2D eigenvalue weighted by Crippen LogP contribution is -2.13. The first-order chi connectivity index (χ1) is 6.59. The Morgan fingerprint density at radius 2 is 2.29 bits per heavy atom. The Hall–Kier alpha value is -1.49. The first-order valence-electron chi connectivity index (χ1n) is 4.08. The zero-order chi connectivity index (χ0) is 10.3. The number of H-pyrrole nitrogens is 1. The van der Waals surface area contributed by atoms with Crippen molar-refractivity contribution < 1.29 is 4.79 Å². The molecule has 0 fully saturated rings. The van der Waals surface area contributed by atoms with Gasteiger partial charge in [-0.05, 0) is 6.92 Å². The number of Topliss-reactive ketones (excluding diaryl/α,β-unsaturated/α-hetero) is 1. The molecule has 4 nitrogen and oxygen atoms in total. The highest BCUT2D eigenvalue weighted by atomic mass is 32.1. The monoisotopic (exact) mass is 208 g/mol. The summed E-state index contributed by atoms with van der Waals surface area (Å²) in [6, 6.07) is 0. The summed E-state index contributed by atoms with van der Waals surface area (Å²) in [6.07, 6.45) is 0. The molecule has 0 radical (unpaired) electrons. The van der Waals surface area contributed by atoms with Gasteiger partial charge in [-0.1, -0.05) is 0 Å². The molecule has 0 bridgehead atoms. The van der Waals surface area contributed by atoms with Crippen LogP contribution in [0.1, 0.15) is 22.4 Å². The quantitative estimate of drug-likeness (QED) is 0.722. The van der Waals surface area contributed by atoms with E-state index < -0.39 is 0 Å². The molecule has 2 rings (SSSR count). The summed E-state index contributed by atoms with van der Waals surface area (Å²) < 4.78 is 0. The van der Waals surface area contributed by atoms with Gasteiger partial charge in [-0.2, -0.15) is 0 Å². The van der Waals surface area contributed by atoms with Gasteiger partial charge in [-0.3, -0.25) is 9.59 Å². The van der Waals surface area contributed by atoms with Crippen molar-refractivity contribution >= 4 is 28.0 Å². The average Bonchev–Trinajstić information content (AvgIpc) is 2.48. The fourth-order valence-corrected chi connectivity index (χ4v) is 2.06. The van der Waals surface area contributed by atoms with Gasteiger partial charge in [0.05, 0.1) is 10.9 Å². The third kappa shape index (κ3) is 1.26. The van der Waals surface area contributed by atoms with Gasteiger partial charge in [-0.25, -0.2) is 4.98 Å². The Balaban J connectivity index is 2.87. The summed E-state index contributed by atoms with van der Waals surface area (Å²) in [5, 5.41) is 2.37. The van der Waals surface area contributed by atoms with E-state index in [2.05, 4.69) is 9.97 Å². The number of nitrogens with one attached hydrogen (secondary N) is 1. The van der Waals surface area contributed by atoms with E-state index in [0.29, 0.717) is 10.9 Å².